The largest absolute Gasteiger partial charge is 0.494 e. The van der Waals surface area contributed by atoms with E-state index in [0.29, 0.717) is 42.4 Å². The Bertz CT molecular complexity index is 1310. The molecule has 0 aromatic heterocycles. The summed E-state index contributed by atoms with van der Waals surface area (Å²) in [7, 11) is -3.82. The van der Waals surface area contributed by atoms with E-state index in [1.807, 2.05) is 19.1 Å². The van der Waals surface area contributed by atoms with E-state index in [2.05, 4.69) is 10.0 Å². The van der Waals surface area contributed by atoms with Crippen molar-refractivity contribution in [2.24, 2.45) is 0 Å². The molecule has 35 heavy (non-hydrogen) atoms. The summed E-state index contributed by atoms with van der Waals surface area (Å²) in [6, 6.07) is 19.5. The van der Waals surface area contributed by atoms with E-state index in [9.17, 15) is 18.0 Å². The van der Waals surface area contributed by atoms with Gasteiger partial charge < -0.3 is 14.8 Å². The molecule has 0 spiro atoms. The zero-order valence-corrected chi connectivity index (χ0v) is 19.9. The predicted molar refractivity (Wildman–Crippen MR) is 131 cm³/mol. The highest BCUT2D eigenvalue weighted by atomic mass is 32.2. The first kappa shape index (κ1) is 24.1. The lowest BCUT2D eigenvalue weighted by molar-refractivity contribution is 0.0950. The maximum Gasteiger partial charge on any atom is 0.414 e. The van der Waals surface area contributed by atoms with E-state index < -0.39 is 16.1 Å². The van der Waals surface area contributed by atoms with Gasteiger partial charge in [0.25, 0.3) is 15.9 Å². The number of sulfonamides is 1. The van der Waals surface area contributed by atoms with Crippen LogP contribution in [-0.4, -0.2) is 40.2 Å². The molecule has 2 N–H and O–H groups in total. The molecular formula is C25H25N3O6S. The minimum absolute atomic E-state index is 0.0353. The van der Waals surface area contributed by atoms with Crippen LogP contribution in [0.3, 0.4) is 0 Å². The molecule has 1 aliphatic rings. The minimum atomic E-state index is -3.82. The number of cyclic esters (lactones) is 1. The van der Waals surface area contributed by atoms with Crippen LogP contribution in [0.2, 0.25) is 0 Å². The number of hydrogen-bond acceptors (Lipinski definition) is 6. The average molecular weight is 496 g/mol. The quantitative estimate of drug-likeness (QED) is 0.467. The van der Waals surface area contributed by atoms with Gasteiger partial charge in [-0.1, -0.05) is 12.1 Å². The van der Waals surface area contributed by atoms with Crippen LogP contribution in [0, 0.1) is 0 Å². The molecule has 2 amide bonds. The van der Waals surface area contributed by atoms with Gasteiger partial charge in [-0.2, -0.15) is 0 Å². The third kappa shape index (κ3) is 5.90. The normalized spacial score (nSPS) is 13.3. The second kappa shape index (κ2) is 10.5. The second-order valence-corrected chi connectivity index (χ2v) is 9.39. The van der Waals surface area contributed by atoms with Crippen LogP contribution in [0.4, 0.5) is 16.2 Å². The van der Waals surface area contributed by atoms with Gasteiger partial charge in [0.05, 0.1) is 18.0 Å². The second-order valence-electron chi connectivity index (χ2n) is 7.71. The van der Waals surface area contributed by atoms with Gasteiger partial charge in [-0.25, -0.2) is 13.2 Å². The molecule has 1 heterocycles. The van der Waals surface area contributed by atoms with Crippen molar-refractivity contribution in [3.8, 4) is 5.75 Å². The van der Waals surface area contributed by atoms with Crippen LogP contribution in [0.5, 0.6) is 5.75 Å². The molecule has 3 aromatic carbocycles. The van der Waals surface area contributed by atoms with E-state index >= 15 is 0 Å². The number of nitrogens with zero attached hydrogens (tertiary/aromatic N) is 1. The van der Waals surface area contributed by atoms with Crippen molar-refractivity contribution in [1.82, 2.24) is 5.32 Å². The summed E-state index contributed by atoms with van der Waals surface area (Å²) in [6.45, 7) is 3.46. The zero-order chi connectivity index (χ0) is 24.8. The lowest BCUT2D eigenvalue weighted by Crippen LogP contribution is -2.25. The number of carbonyl (C=O) groups is 2. The third-order valence-corrected chi connectivity index (χ3v) is 6.68. The Kier molecular flexibility index (Phi) is 7.21. The number of nitrogens with one attached hydrogen (secondary N) is 2. The molecule has 182 valence electrons. The number of hydrogen-bond donors (Lipinski definition) is 2. The lowest BCUT2D eigenvalue weighted by Gasteiger charge is -2.14. The molecule has 0 saturated carbocycles. The van der Waals surface area contributed by atoms with E-state index in [4.69, 9.17) is 9.47 Å². The molecule has 0 radical (unpaired) electrons. The van der Waals surface area contributed by atoms with Crippen LogP contribution in [-0.2, 0) is 21.3 Å². The van der Waals surface area contributed by atoms with Crippen LogP contribution < -0.4 is 19.7 Å². The monoisotopic (exact) mass is 495 g/mol. The SMILES string of the molecule is CCOc1ccc(NS(=O)(=O)c2ccc(C(=O)NCc3cccc(N4CCOC4=O)c3)cc2)cc1. The smallest absolute Gasteiger partial charge is 0.414 e. The molecule has 0 bridgehead atoms. The van der Waals surface area contributed by atoms with Crippen molar-refractivity contribution in [2.75, 3.05) is 29.4 Å². The number of anilines is 2. The van der Waals surface area contributed by atoms with E-state index in [1.54, 1.807) is 36.4 Å². The van der Waals surface area contributed by atoms with Crippen molar-refractivity contribution in [1.29, 1.82) is 0 Å². The Morgan fingerprint density at radius 3 is 2.46 bits per heavy atom. The number of carbonyl (C=O) groups excluding carboxylic acids is 2. The fraction of sp³-hybridized carbons (Fsp3) is 0.200. The summed E-state index contributed by atoms with van der Waals surface area (Å²) in [5.74, 6) is 0.301. The first-order valence-corrected chi connectivity index (χ1v) is 12.5. The summed E-state index contributed by atoms with van der Waals surface area (Å²) in [5.41, 5.74) is 2.24. The van der Waals surface area contributed by atoms with Gasteiger partial charge in [-0.05, 0) is 73.2 Å². The Morgan fingerprint density at radius 1 is 1.06 bits per heavy atom. The predicted octanol–water partition coefficient (Wildman–Crippen LogP) is 3.77. The molecule has 9 nitrogen and oxygen atoms in total. The Labute approximate surface area is 203 Å². The summed E-state index contributed by atoms with van der Waals surface area (Å²) >= 11 is 0. The molecule has 10 heteroatoms. The Balaban J connectivity index is 1.36. The third-order valence-electron chi connectivity index (χ3n) is 5.28. The van der Waals surface area contributed by atoms with E-state index in [0.717, 1.165) is 5.56 Å². The van der Waals surface area contributed by atoms with Crippen molar-refractivity contribution < 1.29 is 27.5 Å². The molecule has 1 fully saturated rings. The van der Waals surface area contributed by atoms with Crippen LogP contribution in [0.1, 0.15) is 22.8 Å². The summed E-state index contributed by atoms with van der Waals surface area (Å²) in [6.07, 6.45) is -0.391. The fourth-order valence-electron chi connectivity index (χ4n) is 3.53. The van der Waals surface area contributed by atoms with Crippen molar-refractivity contribution in [3.63, 3.8) is 0 Å². The summed E-state index contributed by atoms with van der Waals surface area (Å²) < 4.78 is 38.2. The molecule has 0 aliphatic carbocycles. The van der Waals surface area contributed by atoms with Gasteiger partial charge in [-0.3, -0.25) is 14.4 Å². The van der Waals surface area contributed by atoms with Crippen molar-refractivity contribution in [3.05, 3.63) is 83.9 Å². The lowest BCUT2D eigenvalue weighted by atomic mass is 10.1. The van der Waals surface area contributed by atoms with Gasteiger partial charge >= 0.3 is 6.09 Å². The first-order valence-electron chi connectivity index (χ1n) is 11.0. The Morgan fingerprint density at radius 2 is 1.80 bits per heavy atom. The van der Waals surface area contributed by atoms with Gasteiger partial charge in [0, 0.05) is 23.5 Å². The van der Waals surface area contributed by atoms with Gasteiger partial charge in [0.1, 0.15) is 12.4 Å². The molecular weight excluding hydrogens is 470 g/mol. The maximum atomic E-state index is 12.7. The van der Waals surface area contributed by atoms with Crippen LogP contribution >= 0.6 is 0 Å². The fourth-order valence-corrected chi connectivity index (χ4v) is 4.59. The molecule has 0 atom stereocenters. The number of amides is 2. The molecule has 1 aliphatic heterocycles. The molecule has 1 saturated heterocycles. The van der Waals surface area contributed by atoms with Crippen LogP contribution in [0.25, 0.3) is 0 Å². The number of benzene rings is 3. The molecule has 0 unspecified atom stereocenters. The van der Waals surface area contributed by atoms with Crippen molar-refractivity contribution in [2.45, 2.75) is 18.4 Å². The topological polar surface area (TPSA) is 114 Å². The van der Waals surface area contributed by atoms with E-state index in [-0.39, 0.29) is 17.3 Å². The first-order chi connectivity index (χ1) is 16.9. The highest BCUT2D eigenvalue weighted by Crippen LogP contribution is 2.21. The minimum Gasteiger partial charge on any atom is -0.494 e. The maximum absolute atomic E-state index is 12.7. The van der Waals surface area contributed by atoms with Crippen molar-refractivity contribution >= 4 is 33.4 Å². The highest BCUT2D eigenvalue weighted by Gasteiger charge is 2.23. The zero-order valence-electron chi connectivity index (χ0n) is 19.1. The number of ether oxygens (including phenoxy) is 2. The number of rotatable bonds is 9. The average Bonchev–Trinajstić information content (AvgIpc) is 3.30. The summed E-state index contributed by atoms with van der Waals surface area (Å²) in [5, 5.41) is 2.81. The Hall–Kier alpha value is -4.05. The van der Waals surface area contributed by atoms with Crippen LogP contribution in [0.15, 0.2) is 77.7 Å². The van der Waals surface area contributed by atoms with Gasteiger partial charge in [0.2, 0.25) is 0 Å². The molecule has 4 rings (SSSR count). The van der Waals surface area contributed by atoms with Gasteiger partial charge in [-0.15, -0.1) is 0 Å². The van der Waals surface area contributed by atoms with Gasteiger partial charge in [0.15, 0.2) is 0 Å². The summed E-state index contributed by atoms with van der Waals surface area (Å²) in [4.78, 5) is 25.9. The highest BCUT2D eigenvalue weighted by molar-refractivity contribution is 7.92. The standard InChI is InChI=1S/C25H25N3O6S/c1-2-33-22-10-8-20(9-11-22)27-35(31,32)23-12-6-19(7-13-23)24(29)26-17-18-4-3-5-21(16-18)28-14-15-34-25(28)30/h3-13,16,27H,2,14-15,17H2,1H3,(H,26,29). The molecule has 3 aromatic rings. The van der Waals surface area contributed by atoms with E-state index in [1.165, 1.54) is 29.2 Å².